The molecule has 0 aromatic heterocycles. The average molecular weight is 295 g/mol. The van der Waals surface area contributed by atoms with Crippen LogP contribution in [0.25, 0.3) is 0 Å². The maximum Gasteiger partial charge on any atom is 0.293 e. The summed E-state index contributed by atoms with van der Waals surface area (Å²) in [7, 11) is 1.54. The van der Waals surface area contributed by atoms with Crippen LogP contribution in [0.5, 0.6) is 0 Å². The third-order valence-corrected chi connectivity index (χ3v) is 3.35. The molecule has 1 saturated heterocycles. The van der Waals surface area contributed by atoms with Gasteiger partial charge in [-0.05, 0) is 6.07 Å². The van der Waals surface area contributed by atoms with Crippen molar-refractivity contribution in [2.45, 2.75) is 6.10 Å². The van der Waals surface area contributed by atoms with E-state index in [9.17, 15) is 14.9 Å². The Hall–Kier alpha value is -2.19. The second-order valence-corrected chi connectivity index (χ2v) is 4.63. The molecule has 21 heavy (non-hydrogen) atoms. The number of nitro benzene ring substituents is 1. The fraction of sp³-hybridized carbons (Fsp3) is 0.462. The first-order valence-corrected chi connectivity index (χ1v) is 6.55. The Bertz CT molecular complexity index is 549. The second kappa shape index (κ2) is 6.51. The van der Waals surface area contributed by atoms with Gasteiger partial charge in [-0.15, -0.1) is 0 Å². The van der Waals surface area contributed by atoms with Crippen LogP contribution in [0.3, 0.4) is 0 Å². The normalized spacial score (nSPS) is 18.4. The number of aliphatic hydroxyl groups is 1. The van der Waals surface area contributed by atoms with E-state index in [0.29, 0.717) is 13.2 Å². The van der Waals surface area contributed by atoms with Crippen molar-refractivity contribution < 1.29 is 19.6 Å². The molecule has 1 amide bonds. The van der Waals surface area contributed by atoms with Crippen LogP contribution in [-0.4, -0.2) is 60.3 Å². The number of hydrogen-bond donors (Lipinski definition) is 2. The highest BCUT2D eigenvalue weighted by Crippen LogP contribution is 2.29. The van der Waals surface area contributed by atoms with Crippen LogP contribution in [0.4, 0.5) is 11.4 Å². The van der Waals surface area contributed by atoms with Gasteiger partial charge in [-0.2, -0.15) is 0 Å². The van der Waals surface area contributed by atoms with Crippen molar-refractivity contribution >= 4 is 17.3 Å². The molecule has 0 radical (unpaired) electrons. The minimum absolute atomic E-state index is 0.143. The molecule has 1 fully saturated rings. The number of morpholine rings is 1. The summed E-state index contributed by atoms with van der Waals surface area (Å²) in [5.74, 6) is -0.315. The van der Waals surface area contributed by atoms with E-state index >= 15 is 0 Å². The first-order chi connectivity index (χ1) is 10.1. The number of aliphatic hydroxyl groups excluding tert-OH is 1. The molecular weight excluding hydrogens is 278 g/mol. The summed E-state index contributed by atoms with van der Waals surface area (Å²) in [5.41, 5.74) is 0.292. The van der Waals surface area contributed by atoms with Crippen LogP contribution < -0.4 is 5.32 Å². The first kappa shape index (κ1) is 15.2. The highest BCUT2D eigenvalue weighted by atomic mass is 16.6. The quantitative estimate of drug-likeness (QED) is 0.618. The lowest BCUT2D eigenvalue weighted by atomic mass is 10.1. The smallest absolute Gasteiger partial charge is 0.293 e. The molecule has 114 valence electrons. The van der Waals surface area contributed by atoms with Gasteiger partial charge in [0.1, 0.15) is 5.69 Å². The molecule has 1 aromatic carbocycles. The van der Waals surface area contributed by atoms with Gasteiger partial charge >= 0.3 is 0 Å². The fourth-order valence-corrected chi connectivity index (χ4v) is 2.32. The van der Waals surface area contributed by atoms with E-state index in [1.807, 2.05) is 0 Å². The zero-order chi connectivity index (χ0) is 15.4. The van der Waals surface area contributed by atoms with E-state index in [0.717, 1.165) is 0 Å². The van der Waals surface area contributed by atoms with E-state index in [1.54, 1.807) is 6.07 Å². The molecule has 0 spiro atoms. The number of anilines is 1. The van der Waals surface area contributed by atoms with E-state index < -0.39 is 11.0 Å². The molecule has 0 aliphatic carbocycles. The number of rotatable bonds is 4. The number of carbonyl (C=O) groups excluding carboxylic acids is 1. The number of hydrogen-bond acceptors (Lipinski definition) is 6. The number of nitro groups is 1. The molecule has 1 aliphatic rings. The number of amides is 1. The molecule has 1 heterocycles. The van der Waals surface area contributed by atoms with Crippen molar-refractivity contribution in [2.75, 3.05) is 38.7 Å². The van der Waals surface area contributed by atoms with Gasteiger partial charge in [0, 0.05) is 26.2 Å². The molecule has 1 unspecified atom stereocenters. The monoisotopic (exact) mass is 295 g/mol. The highest BCUT2D eigenvalue weighted by Gasteiger charge is 2.28. The minimum atomic E-state index is -0.529. The van der Waals surface area contributed by atoms with Crippen LogP contribution in [0, 0.1) is 10.1 Å². The van der Waals surface area contributed by atoms with Gasteiger partial charge in [0.2, 0.25) is 0 Å². The van der Waals surface area contributed by atoms with Gasteiger partial charge in [0.15, 0.2) is 0 Å². The molecule has 8 heteroatoms. The number of para-hydroxylation sites is 1. The van der Waals surface area contributed by atoms with Gasteiger partial charge < -0.3 is 20.1 Å². The second-order valence-electron chi connectivity index (χ2n) is 4.63. The maximum absolute atomic E-state index is 12.5. The van der Waals surface area contributed by atoms with Crippen molar-refractivity contribution in [3.63, 3.8) is 0 Å². The summed E-state index contributed by atoms with van der Waals surface area (Å²) < 4.78 is 5.29. The molecule has 8 nitrogen and oxygen atoms in total. The van der Waals surface area contributed by atoms with Crippen molar-refractivity contribution in [3.8, 4) is 0 Å². The lowest BCUT2D eigenvalue weighted by molar-refractivity contribution is -0.384. The van der Waals surface area contributed by atoms with Gasteiger partial charge in [-0.1, -0.05) is 6.07 Å². The van der Waals surface area contributed by atoms with E-state index in [1.165, 1.54) is 24.1 Å². The van der Waals surface area contributed by atoms with Crippen LogP contribution >= 0.6 is 0 Å². The molecule has 1 aromatic rings. The van der Waals surface area contributed by atoms with Crippen LogP contribution in [0.15, 0.2) is 18.2 Å². The fourth-order valence-electron chi connectivity index (χ4n) is 2.32. The summed E-state index contributed by atoms with van der Waals surface area (Å²) in [5, 5.41) is 22.9. The standard InChI is InChI=1S/C13H17N3O5/c1-14-12-10(3-2-4-11(12)16(19)20)13(18)15-5-6-21-9(7-15)8-17/h2-4,9,14,17H,5-8H2,1H3. The zero-order valence-corrected chi connectivity index (χ0v) is 11.6. The molecule has 0 bridgehead atoms. The highest BCUT2D eigenvalue weighted by molar-refractivity contribution is 6.01. The summed E-state index contributed by atoms with van der Waals surface area (Å²) in [4.78, 5) is 24.6. The summed E-state index contributed by atoms with van der Waals surface area (Å²) >= 11 is 0. The third kappa shape index (κ3) is 3.11. The first-order valence-electron chi connectivity index (χ1n) is 6.55. The number of carbonyl (C=O) groups is 1. The molecule has 0 saturated carbocycles. The van der Waals surface area contributed by atoms with Crippen LogP contribution in [0.2, 0.25) is 0 Å². The van der Waals surface area contributed by atoms with E-state index in [4.69, 9.17) is 9.84 Å². The number of ether oxygens (including phenoxy) is 1. The SMILES string of the molecule is CNc1c(C(=O)N2CCOC(CO)C2)cccc1[N+](=O)[O-]. The van der Waals surface area contributed by atoms with Crippen molar-refractivity contribution in [3.05, 3.63) is 33.9 Å². The Kier molecular flexibility index (Phi) is 4.71. The number of nitrogens with one attached hydrogen (secondary N) is 1. The van der Waals surface area contributed by atoms with Gasteiger partial charge in [-0.3, -0.25) is 14.9 Å². The Morgan fingerprint density at radius 2 is 2.38 bits per heavy atom. The van der Waals surface area contributed by atoms with Gasteiger partial charge in [0.25, 0.3) is 11.6 Å². The van der Waals surface area contributed by atoms with Crippen molar-refractivity contribution in [1.29, 1.82) is 0 Å². The number of nitrogens with zero attached hydrogens (tertiary/aromatic N) is 2. The number of benzene rings is 1. The summed E-state index contributed by atoms with van der Waals surface area (Å²) in [6, 6.07) is 4.37. The third-order valence-electron chi connectivity index (χ3n) is 3.35. The maximum atomic E-state index is 12.5. The van der Waals surface area contributed by atoms with Gasteiger partial charge in [0.05, 0.1) is 29.8 Å². The Labute approximate surface area is 121 Å². The van der Waals surface area contributed by atoms with Crippen LogP contribution in [-0.2, 0) is 4.74 Å². The molecule has 1 aliphatic heterocycles. The summed E-state index contributed by atoms with van der Waals surface area (Å²) in [6.45, 7) is 0.820. The predicted octanol–water partition coefficient (Wildman–Crippen LogP) is 0.470. The molecule has 1 atom stereocenters. The largest absolute Gasteiger partial charge is 0.394 e. The lowest BCUT2D eigenvalue weighted by Gasteiger charge is -2.32. The Morgan fingerprint density at radius 1 is 1.62 bits per heavy atom. The Morgan fingerprint density at radius 3 is 3.00 bits per heavy atom. The Balaban J connectivity index is 2.30. The van der Waals surface area contributed by atoms with Crippen molar-refractivity contribution in [1.82, 2.24) is 4.90 Å². The van der Waals surface area contributed by atoms with Crippen LogP contribution in [0.1, 0.15) is 10.4 Å². The molecule has 2 rings (SSSR count). The van der Waals surface area contributed by atoms with E-state index in [-0.39, 0.29) is 36.0 Å². The molecular formula is C13H17N3O5. The minimum Gasteiger partial charge on any atom is -0.394 e. The zero-order valence-electron chi connectivity index (χ0n) is 11.6. The average Bonchev–Trinajstić information content (AvgIpc) is 2.53. The summed E-state index contributed by atoms with van der Waals surface area (Å²) in [6.07, 6.45) is -0.417. The predicted molar refractivity (Wildman–Crippen MR) is 75.4 cm³/mol. The van der Waals surface area contributed by atoms with Crippen molar-refractivity contribution in [2.24, 2.45) is 0 Å². The van der Waals surface area contributed by atoms with Gasteiger partial charge in [-0.25, -0.2) is 0 Å². The van der Waals surface area contributed by atoms with E-state index in [2.05, 4.69) is 5.32 Å². The topological polar surface area (TPSA) is 105 Å². The molecule has 2 N–H and O–H groups in total. The lowest BCUT2D eigenvalue weighted by Crippen LogP contribution is -2.47.